The number of anilines is 1. The molecule has 1 saturated heterocycles. The number of fused-ring (bicyclic) bond motifs is 1. The highest BCUT2D eigenvalue weighted by Crippen LogP contribution is 2.66. The zero-order chi connectivity index (χ0) is 20.5. The van der Waals surface area contributed by atoms with Crippen molar-refractivity contribution in [3.05, 3.63) is 35.7 Å². The van der Waals surface area contributed by atoms with E-state index in [1.165, 1.54) is 6.20 Å². The van der Waals surface area contributed by atoms with Crippen molar-refractivity contribution in [2.45, 2.75) is 37.1 Å². The molecule has 2 bridgehead atoms. The molecule has 9 heteroatoms. The molecular formula is C21H22F2N6O. The summed E-state index contributed by atoms with van der Waals surface area (Å²) < 4.78 is 36.3. The van der Waals surface area contributed by atoms with E-state index in [-0.39, 0.29) is 23.0 Å². The summed E-state index contributed by atoms with van der Waals surface area (Å²) in [7, 11) is 1.63. The third-order valence-electron chi connectivity index (χ3n) is 6.79. The summed E-state index contributed by atoms with van der Waals surface area (Å²) in [6.45, 7) is 1.58. The first-order valence-electron chi connectivity index (χ1n) is 10.3. The molecule has 2 N–H and O–H groups in total. The lowest BCUT2D eigenvalue weighted by molar-refractivity contribution is -0.0333. The zero-order valence-corrected chi connectivity index (χ0v) is 16.6. The van der Waals surface area contributed by atoms with Crippen LogP contribution in [0, 0.1) is 17.6 Å². The average Bonchev–Trinajstić information content (AvgIpc) is 3.30. The quantitative estimate of drug-likeness (QED) is 0.671. The first-order chi connectivity index (χ1) is 14.6. The summed E-state index contributed by atoms with van der Waals surface area (Å²) in [5, 5.41) is 11.1. The lowest BCUT2D eigenvalue weighted by Gasteiger charge is -2.61. The maximum absolute atomic E-state index is 14.8. The van der Waals surface area contributed by atoms with Gasteiger partial charge < -0.3 is 15.4 Å². The van der Waals surface area contributed by atoms with Crippen molar-refractivity contribution >= 4 is 11.5 Å². The molecule has 0 radical (unpaired) electrons. The summed E-state index contributed by atoms with van der Waals surface area (Å²) in [6, 6.07) is 2.76. The molecule has 4 heterocycles. The molecule has 3 aromatic rings. The molecule has 0 amide bonds. The van der Waals surface area contributed by atoms with E-state index in [2.05, 4.69) is 20.6 Å². The minimum Gasteiger partial charge on any atom is -0.495 e. The lowest BCUT2D eigenvalue weighted by atomic mass is 9.43. The van der Waals surface area contributed by atoms with Crippen molar-refractivity contribution in [1.82, 2.24) is 24.9 Å². The second kappa shape index (κ2) is 6.34. The molecule has 1 atom stereocenters. The number of halogens is 2. The predicted molar refractivity (Wildman–Crippen MR) is 107 cm³/mol. The van der Waals surface area contributed by atoms with Crippen molar-refractivity contribution in [3.8, 4) is 17.1 Å². The molecule has 7 nitrogen and oxygen atoms in total. The van der Waals surface area contributed by atoms with Gasteiger partial charge in [0.05, 0.1) is 13.3 Å². The molecule has 4 aliphatic rings. The number of pyridine rings is 1. The fourth-order valence-electron chi connectivity index (χ4n) is 5.07. The van der Waals surface area contributed by atoms with Gasteiger partial charge in [0, 0.05) is 30.1 Å². The lowest BCUT2D eigenvalue weighted by Crippen LogP contribution is -2.56. The molecule has 4 fully saturated rings. The Kier molecular flexibility index (Phi) is 3.80. The van der Waals surface area contributed by atoms with Crippen LogP contribution in [0.15, 0.2) is 18.3 Å². The van der Waals surface area contributed by atoms with Gasteiger partial charge in [-0.25, -0.2) is 23.3 Å². The molecule has 1 unspecified atom stereocenters. The van der Waals surface area contributed by atoms with Crippen LogP contribution in [0.1, 0.15) is 31.4 Å². The van der Waals surface area contributed by atoms with Crippen LogP contribution in [0.5, 0.6) is 5.75 Å². The smallest absolute Gasteiger partial charge is 0.168 e. The first kappa shape index (κ1) is 18.0. The maximum Gasteiger partial charge on any atom is 0.168 e. The first-order valence-corrected chi connectivity index (χ1v) is 10.3. The Morgan fingerprint density at radius 2 is 2.07 bits per heavy atom. The van der Waals surface area contributed by atoms with E-state index in [0.717, 1.165) is 56.5 Å². The maximum atomic E-state index is 14.8. The Balaban J connectivity index is 1.45. The number of nitrogens with zero attached hydrogens (tertiary/aromatic N) is 4. The molecule has 7 rings (SSSR count). The van der Waals surface area contributed by atoms with Crippen molar-refractivity contribution in [2.24, 2.45) is 5.92 Å². The van der Waals surface area contributed by atoms with Crippen molar-refractivity contribution < 1.29 is 13.5 Å². The van der Waals surface area contributed by atoms with Gasteiger partial charge in [0.25, 0.3) is 0 Å². The minimum atomic E-state index is -0.742. The highest BCUT2D eigenvalue weighted by atomic mass is 19.1. The number of imidazole rings is 1. The van der Waals surface area contributed by atoms with Crippen LogP contribution in [0.3, 0.4) is 0 Å². The number of methoxy groups -OCH3 is 1. The fourth-order valence-corrected chi connectivity index (χ4v) is 5.07. The zero-order valence-electron chi connectivity index (χ0n) is 16.6. The van der Waals surface area contributed by atoms with Gasteiger partial charge in [-0.15, -0.1) is 0 Å². The summed E-state index contributed by atoms with van der Waals surface area (Å²) in [6.07, 6.45) is 5.71. The Morgan fingerprint density at radius 3 is 2.73 bits per heavy atom. The van der Waals surface area contributed by atoms with Gasteiger partial charge >= 0.3 is 0 Å². The van der Waals surface area contributed by atoms with E-state index < -0.39 is 11.6 Å². The SMILES string of the molecule is COc1cc2ncc(-c3nc(NC4CCNC4)c(F)cc3F)n2nc1C12CC(C1)C2. The highest BCUT2D eigenvalue weighted by Gasteiger charge is 2.59. The Labute approximate surface area is 171 Å². The number of hydrogen-bond acceptors (Lipinski definition) is 6. The number of rotatable bonds is 5. The van der Waals surface area contributed by atoms with Crippen LogP contribution in [-0.4, -0.2) is 45.8 Å². The topological polar surface area (TPSA) is 76.4 Å². The molecule has 3 saturated carbocycles. The Hall–Kier alpha value is -2.81. The van der Waals surface area contributed by atoms with Crippen molar-refractivity contribution in [2.75, 3.05) is 25.5 Å². The summed E-state index contributed by atoms with van der Waals surface area (Å²) in [5.41, 5.74) is 1.90. The van der Waals surface area contributed by atoms with Gasteiger partial charge in [0.15, 0.2) is 23.1 Å². The summed E-state index contributed by atoms with van der Waals surface area (Å²) >= 11 is 0. The van der Waals surface area contributed by atoms with Gasteiger partial charge in [-0.3, -0.25) is 0 Å². The third-order valence-corrected chi connectivity index (χ3v) is 6.79. The Morgan fingerprint density at radius 1 is 1.23 bits per heavy atom. The minimum absolute atomic E-state index is 0.0265. The summed E-state index contributed by atoms with van der Waals surface area (Å²) in [4.78, 5) is 8.65. The standard InChI is InChI=1S/C21H22F2N6O/c1-30-16-5-17-25-10-15(29(17)28-19(16)21-6-11(7-21)8-21)18-13(22)4-14(23)20(27-18)26-12-2-3-24-9-12/h4-5,10-12,24H,2-3,6-9H2,1H3,(H,26,27). The van der Waals surface area contributed by atoms with Gasteiger partial charge in [0.2, 0.25) is 0 Å². The van der Waals surface area contributed by atoms with Crippen LogP contribution in [0.2, 0.25) is 0 Å². The normalized spacial score (nSPS) is 27.0. The van der Waals surface area contributed by atoms with Crippen LogP contribution >= 0.6 is 0 Å². The van der Waals surface area contributed by atoms with E-state index in [4.69, 9.17) is 9.84 Å². The fraction of sp³-hybridized carbons (Fsp3) is 0.476. The molecule has 0 aromatic carbocycles. The highest BCUT2D eigenvalue weighted by molar-refractivity contribution is 5.63. The van der Waals surface area contributed by atoms with E-state index in [1.807, 2.05) is 6.07 Å². The molecule has 1 aliphatic heterocycles. The number of aromatic nitrogens is 4. The molecular weight excluding hydrogens is 390 g/mol. The molecule has 0 spiro atoms. The van der Waals surface area contributed by atoms with Gasteiger partial charge in [0.1, 0.15) is 22.8 Å². The summed E-state index contributed by atoms with van der Waals surface area (Å²) in [5.74, 6) is 0.0873. The van der Waals surface area contributed by atoms with Crippen molar-refractivity contribution in [3.63, 3.8) is 0 Å². The molecule has 3 aliphatic carbocycles. The second-order valence-electron chi connectivity index (χ2n) is 8.72. The number of ether oxygens (including phenoxy) is 1. The molecule has 30 heavy (non-hydrogen) atoms. The van der Waals surface area contributed by atoms with Crippen LogP contribution in [0.4, 0.5) is 14.6 Å². The van der Waals surface area contributed by atoms with Gasteiger partial charge in [-0.1, -0.05) is 0 Å². The second-order valence-corrected chi connectivity index (χ2v) is 8.72. The van der Waals surface area contributed by atoms with E-state index in [1.54, 1.807) is 11.6 Å². The van der Waals surface area contributed by atoms with E-state index in [0.29, 0.717) is 17.1 Å². The third kappa shape index (κ3) is 2.54. The van der Waals surface area contributed by atoms with Crippen LogP contribution in [0.25, 0.3) is 17.0 Å². The van der Waals surface area contributed by atoms with E-state index in [9.17, 15) is 8.78 Å². The Bertz CT molecular complexity index is 1140. The van der Waals surface area contributed by atoms with E-state index >= 15 is 0 Å². The number of nitrogens with one attached hydrogen (secondary N) is 2. The van der Waals surface area contributed by atoms with Gasteiger partial charge in [-0.2, -0.15) is 5.10 Å². The number of hydrogen-bond donors (Lipinski definition) is 2. The largest absolute Gasteiger partial charge is 0.495 e. The van der Waals surface area contributed by atoms with Crippen molar-refractivity contribution in [1.29, 1.82) is 0 Å². The molecule has 156 valence electrons. The average molecular weight is 412 g/mol. The van der Waals surface area contributed by atoms with Gasteiger partial charge in [-0.05, 0) is 38.1 Å². The predicted octanol–water partition coefficient (Wildman–Crippen LogP) is 2.90. The molecule has 3 aromatic heterocycles. The van der Waals surface area contributed by atoms with Crippen LogP contribution in [-0.2, 0) is 5.41 Å². The van der Waals surface area contributed by atoms with Crippen LogP contribution < -0.4 is 15.4 Å². The monoisotopic (exact) mass is 412 g/mol.